The van der Waals surface area contributed by atoms with Crippen LogP contribution in [0.4, 0.5) is 4.39 Å². The van der Waals surface area contributed by atoms with Gasteiger partial charge in [-0.15, -0.1) is 0 Å². The van der Waals surface area contributed by atoms with Gasteiger partial charge in [-0.3, -0.25) is 0 Å². The predicted molar refractivity (Wildman–Crippen MR) is 92.9 cm³/mol. The second kappa shape index (κ2) is 7.59. The van der Waals surface area contributed by atoms with E-state index >= 15 is 0 Å². The third-order valence-corrected chi connectivity index (χ3v) is 4.87. The summed E-state index contributed by atoms with van der Waals surface area (Å²) in [4.78, 5) is 2.58. The first-order valence-electron chi connectivity index (χ1n) is 8.86. The molecule has 2 heteroatoms. The lowest BCUT2D eigenvalue weighted by Gasteiger charge is -2.29. The van der Waals surface area contributed by atoms with E-state index in [1.165, 1.54) is 43.4 Å². The Bertz CT molecular complexity index is 475. The van der Waals surface area contributed by atoms with Crippen LogP contribution in [-0.4, -0.2) is 24.5 Å². The molecule has 1 aromatic rings. The van der Waals surface area contributed by atoms with E-state index < -0.39 is 0 Å². The minimum Gasteiger partial charge on any atom is -0.303 e. The maximum absolute atomic E-state index is 13.6. The molecule has 0 bridgehead atoms. The quantitative estimate of drug-likeness (QED) is 0.707. The lowest BCUT2D eigenvalue weighted by Crippen LogP contribution is -2.31. The van der Waals surface area contributed by atoms with Crippen molar-refractivity contribution in [1.82, 2.24) is 4.90 Å². The molecule has 0 N–H and O–H groups in total. The largest absolute Gasteiger partial charge is 0.303 e. The summed E-state index contributed by atoms with van der Waals surface area (Å²) in [5.74, 6) is 0.459. The average molecular weight is 305 g/mol. The van der Waals surface area contributed by atoms with E-state index in [1.807, 2.05) is 6.07 Å². The SMILES string of the molecule is C[C@H]1CCCCN(CCC(C)(C)C)CCc2cc(F)ccc21. The van der Waals surface area contributed by atoms with Crippen LogP contribution in [0.15, 0.2) is 18.2 Å². The Balaban J connectivity index is 2.08. The molecule has 1 aliphatic heterocycles. The predicted octanol–water partition coefficient (Wildman–Crippen LogP) is 5.39. The zero-order chi connectivity index (χ0) is 16.2. The number of nitrogens with zero attached hydrogens (tertiary/aromatic N) is 1. The Hall–Kier alpha value is -0.890. The van der Waals surface area contributed by atoms with Crippen LogP contribution in [0, 0.1) is 11.2 Å². The zero-order valence-electron chi connectivity index (χ0n) is 14.8. The van der Waals surface area contributed by atoms with Crippen molar-refractivity contribution in [2.24, 2.45) is 5.41 Å². The van der Waals surface area contributed by atoms with Crippen LogP contribution in [0.1, 0.15) is 70.4 Å². The molecule has 0 fully saturated rings. The molecule has 0 radical (unpaired) electrons. The number of benzene rings is 1. The molecule has 0 amide bonds. The van der Waals surface area contributed by atoms with Gasteiger partial charge in [-0.2, -0.15) is 0 Å². The van der Waals surface area contributed by atoms with Crippen LogP contribution in [0.25, 0.3) is 0 Å². The number of halogens is 1. The highest BCUT2D eigenvalue weighted by Gasteiger charge is 2.17. The summed E-state index contributed by atoms with van der Waals surface area (Å²) in [6.07, 6.45) is 5.96. The van der Waals surface area contributed by atoms with Gasteiger partial charge in [-0.05, 0) is 73.4 Å². The maximum atomic E-state index is 13.6. The molecule has 0 aliphatic carbocycles. The van der Waals surface area contributed by atoms with Crippen LogP contribution in [0.3, 0.4) is 0 Å². The Kier molecular flexibility index (Phi) is 6.02. The fraction of sp³-hybridized carbons (Fsp3) is 0.700. The van der Waals surface area contributed by atoms with Crippen molar-refractivity contribution in [3.05, 3.63) is 35.1 Å². The van der Waals surface area contributed by atoms with Crippen LogP contribution < -0.4 is 0 Å². The van der Waals surface area contributed by atoms with Crippen molar-refractivity contribution in [3.63, 3.8) is 0 Å². The van der Waals surface area contributed by atoms with Gasteiger partial charge < -0.3 is 4.90 Å². The van der Waals surface area contributed by atoms with E-state index in [4.69, 9.17) is 0 Å². The standard InChI is InChI=1S/C20H32FN/c1-16-7-5-6-12-22(14-11-20(2,3)4)13-10-17-15-18(21)8-9-19(16)17/h8-9,15-16H,5-7,10-14H2,1-4H3/t16-/m0/s1. The van der Waals surface area contributed by atoms with Gasteiger partial charge in [0.15, 0.2) is 0 Å². The second-order valence-electron chi connectivity index (χ2n) is 8.14. The van der Waals surface area contributed by atoms with E-state index in [1.54, 1.807) is 12.1 Å². The highest BCUT2D eigenvalue weighted by Crippen LogP contribution is 2.27. The summed E-state index contributed by atoms with van der Waals surface area (Å²) in [6, 6.07) is 5.39. The number of fused-ring (bicyclic) bond motifs is 1. The molecule has 0 saturated heterocycles. The van der Waals surface area contributed by atoms with Gasteiger partial charge in [0, 0.05) is 6.54 Å². The van der Waals surface area contributed by atoms with Gasteiger partial charge in [-0.25, -0.2) is 4.39 Å². The highest BCUT2D eigenvalue weighted by molar-refractivity contribution is 5.31. The first kappa shape index (κ1) is 17.5. The molecule has 0 unspecified atom stereocenters. The fourth-order valence-electron chi connectivity index (χ4n) is 3.32. The highest BCUT2D eigenvalue weighted by atomic mass is 19.1. The minimum atomic E-state index is -0.0933. The molecule has 0 saturated carbocycles. The smallest absolute Gasteiger partial charge is 0.123 e. The summed E-state index contributed by atoms with van der Waals surface area (Å²) < 4.78 is 13.6. The van der Waals surface area contributed by atoms with Gasteiger partial charge in [-0.1, -0.05) is 40.2 Å². The first-order valence-corrected chi connectivity index (χ1v) is 8.86. The molecule has 1 aromatic carbocycles. The molecular formula is C20H32FN. The fourth-order valence-corrected chi connectivity index (χ4v) is 3.32. The molecule has 1 atom stereocenters. The van der Waals surface area contributed by atoms with Crippen LogP contribution in [0.2, 0.25) is 0 Å². The van der Waals surface area contributed by atoms with E-state index in [9.17, 15) is 4.39 Å². The van der Waals surface area contributed by atoms with Crippen molar-refractivity contribution in [2.75, 3.05) is 19.6 Å². The topological polar surface area (TPSA) is 3.24 Å². The van der Waals surface area contributed by atoms with Gasteiger partial charge in [0.25, 0.3) is 0 Å². The van der Waals surface area contributed by atoms with E-state index in [0.29, 0.717) is 11.3 Å². The van der Waals surface area contributed by atoms with Crippen molar-refractivity contribution in [1.29, 1.82) is 0 Å². The Morgan fingerprint density at radius 3 is 2.68 bits per heavy atom. The molecule has 2 rings (SSSR count). The zero-order valence-corrected chi connectivity index (χ0v) is 14.8. The maximum Gasteiger partial charge on any atom is 0.123 e. The van der Waals surface area contributed by atoms with E-state index in [-0.39, 0.29) is 5.82 Å². The van der Waals surface area contributed by atoms with Crippen molar-refractivity contribution in [2.45, 2.75) is 65.7 Å². The van der Waals surface area contributed by atoms with Crippen LogP contribution in [0.5, 0.6) is 0 Å². The normalized spacial score (nSPS) is 21.4. The summed E-state index contributed by atoms with van der Waals surface area (Å²) in [5.41, 5.74) is 2.96. The monoisotopic (exact) mass is 305 g/mol. The van der Waals surface area contributed by atoms with E-state index in [2.05, 4.69) is 32.6 Å². The van der Waals surface area contributed by atoms with Crippen molar-refractivity contribution >= 4 is 0 Å². The number of hydrogen-bond acceptors (Lipinski definition) is 1. The molecule has 0 aromatic heterocycles. The van der Waals surface area contributed by atoms with Crippen LogP contribution in [-0.2, 0) is 6.42 Å². The molecule has 0 spiro atoms. The average Bonchev–Trinajstić information content (AvgIpc) is 2.44. The third kappa shape index (κ3) is 5.39. The summed E-state index contributed by atoms with van der Waals surface area (Å²) in [6.45, 7) is 12.6. The molecule has 124 valence electrons. The van der Waals surface area contributed by atoms with E-state index in [0.717, 1.165) is 19.5 Å². The van der Waals surface area contributed by atoms with Crippen molar-refractivity contribution in [3.8, 4) is 0 Å². The van der Waals surface area contributed by atoms with Gasteiger partial charge in [0.2, 0.25) is 0 Å². The van der Waals surface area contributed by atoms with Gasteiger partial charge in [0.05, 0.1) is 0 Å². The molecule has 22 heavy (non-hydrogen) atoms. The molecular weight excluding hydrogens is 273 g/mol. The molecule has 1 nitrogen and oxygen atoms in total. The van der Waals surface area contributed by atoms with Gasteiger partial charge >= 0.3 is 0 Å². The molecule has 1 heterocycles. The van der Waals surface area contributed by atoms with Crippen molar-refractivity contribution < 1.29 is 4.39 Å². The van der Waals surface area contributed by atoms with Gasteiger partial charge in [0.1, 0.15) is 5.82 Å². The lowest BCUT2D eigenvalue weighted by atomic mass is 9.89. The minimum absolute atomic E-state index is 0.0933. The summed E-state index contributed by atoms with van der Waals surface area (Å²) in [5, 5.41) is 0. The Morgan fingerprint density at radius 1 is 1.18 bits per heavy atom. The lowest BCUT2D eigenvalue weighted by molar-refractivity contribution is 0.223. The number of hydrogen-bond donors (Lipinski definition) is 0. The number of rotatable bonds is 2. The summed E-state index contributed by atoms with van der Waals surface area (Å²) >= 11 is 0. The first-order chi connectivity index (χ1) is 10.3. The van der Waals surface area contributed by atoms with Crippen LogP contribution >= 0.6 is 0 Å². The summed E-state index contributed by atoms with van der Waals surface area (Å²) in [7, 11) is 0. The molecule has 1 aliphatic rings. The third-order valence-electron chi connectivity index (χ3n) is 4.87. The second-order valence-corrected chi connectivity index (χ2v) is 8.14. The Morgan fingerprint density at radius 2 is 1.95 bits per heavy atom. The Labute approximate surface area is 135 Å².